The monoisotopic (exact) mass is 543 g/mol. The molecule has 0 unspecified atom stereocenters. The maximum Gasteiger partial charge on any atom is 0.416 e. The lowest BCUT2D eigenvalue weighted by molar-refractivity contribution is -0.137. The number of rotatable bonds is 6. The summed E-state index contributed by atoms with van der Waals surface area (Å²) in [5.41, 5.74) is 0.568. The van der Waals surface area contributed by atoms with Gasteiger partial charge in [-0.2, -0.15) is 22.5 Å². The molecule has 0 atom stereocenters. The Morgan fingerprint density at radius 1 is 0.947 bits per heavy atom. The normalized spacial score (nSPS) is 15.1. The van der Waals surface area contributed by atoms with Crippen LogP contribution in [0.15, 0.2) is 66.0 Å². The van der Waals surface area contributed by atoms with E-state index in [0.29, 0.717) is 61.1 Å². The van der Waals surface area contributed by atoms with Crippen LogP contribution in [0.1, 0.15) is 18.3 Å². The van der Waals surface area contributed by atoms with E-state index in [-0.39, 0.29) is 10.4 Å². The predicted molar refractivity (Wildman–Crippen MR) is 137 cm³/mol. The van der Waals surface area contributed by atoms with Crippen molar-refractivity contribution in [2.75, 3.05) is 36.4 Å². The molecular formula is C25H24F3N7O2S. The van der Waals surface area contributed by atoms with Crippen LogP contribution in [0, 0.1) is 0 Å². The van der Waals surface area contributed by atoms with Crippen molar-refractivity contribution in [1.82, 2.24) is 24.2 Å². The molecule has 0 radical (unpaired) electrons. The number of benzene rings is 2. The minimum atomic E-state index is -4.46. The molecule has 0 amide bonds. The Morgan fingerprint density at radius 3 is 2.37 bits per heavy atom. The van der Waals surface area contributed by atoms with Gasteiger partial charge >= 0.3 is 6.18 Å². The number of halogens is 3. The summed E-state index contributed by atoms with van der Waals surface area (Å²) in [6, 6.07) is 11.3. The van der Waals surface area contributed by atoms with Gasteiger partial charge in [0.1, 0.15) is 12.2 Å². The smallest absolute Gasteiger partial charge is 0.355 e. The molecule has 13 heteroatoms. The Hall–Kier alpha value is -3.84. The third-order valence-electron chi connectivity index (χ3n) is 6.29. The summed E-state index contributed by atoms with van der Waals surface area (Å²) in [7, 11) is -3.71. The molecule has 38 heavy (non-hydrogen) atoms. The van der Waals surface area contributed by atoms with Gasteiger partial charge in [-0.25, -0.2) is 18.4 Å². The number of aromatic nitrogens is 4. The van der Waals surface area contributed by atoms with Crippen molar-refractivity contribution in [3.05, 3.63) is 72.4 Å². The van der Waals surface area contributed by atoms with E-state index in [9.17, 15) is 21.6 Å². The van der Waals surface area contributed by atoms with Crippen LogP contribution < -0.4 is 10.2 Å². The van der Waals surface area contributed by atoms with Gasteiger partial charge in [0.25, 0.3) is 0 Å². The molecule has 2 aromatic heterocycles. The number of pyridine rings is 1. The van der Waals surface area contributed by atoms with E-state index in [4.69, 9.17) is 0 Å². The van der Waals surface area contributed by atoms with E-state index in [0.717, 1.165) is 12.1 Å². The van der Waals surface area contributed by atoms with Gasteiger partial charge < -0.3 is 10.2 Å². The van der Waals surface area contributed by atoms with Crippen LogP contribution in [0.25, 0.3) is 10.9 Å². The van der Waals surface area contributed by atoms with Crippen molar-refractivity contribution in [2.45, 2.75) is 24.4 Å². The number of fused-ring (bicyclic) bond motifs is 1. The molecule has 1 saturated heterocycles. The maximum atomic E-state index is 13.2. The number of nitrogens with zero attached hydrogens (tertiary/aromatic N) is 6. The van der Waals surface area contributed by atoms with Crippen molar-refractivity contribution >= 4 is 38.2 Å². The molecule has 9 nitrogen and oxygen atoms in total. The number of nitrogens with one attached hydrogen (secondary N) is 1. The molecule has 4 aromatic rings. The highest BCUT2D eigenvalue weighted by Gasteiger charge is 2.31. The van der Waals surface area contributed by atoms with E-state index in [2.05, 4.69) is 25.3 Å². The largest absolute Gasteiger partial charge is 0.416 e. The molecule has 1 aliphatic heterocycles. The van der Waals surface area contributed by atoms with E-state index in [1.54, 1.807) is 18.2 Å². The first kappa shape index (κ1) is 25.8. The number of hydrogen-bond acceptors (Lipinski definition) is 8. The highest BCUT2D eigenvalue weighted by Crippen LogP contribution is 2.33. The van der Waals surface area contributed by atoms with Crippen LogP contribution in [-0.4, -0.2) is 58.8 Å². The summed E-state index contributed by atoms with van der Waals surface area (Å²) in [6.45, 7) is 3.45. The van der Waals surface area contributed by atoms with Gasteiger partial charge in [-0.1, -0.05) is 13.0 Å². The Balaban J connectivity index is 1.28. The quantitative estimate of drug-likeness (QED) is 0.385. The number of hydrogen-bond donors (Lipinski definition) is 1. The average molecular weight is 544 g/mol. The fourth-order valence-electron chi connectivity index (χ4n) is 4.22. The van der Waals surface area contributed by atoms with Crippen LogP contribution in [0.3, 0.4) is 0 Å². The van der Waals surface area contributed by atoms with Crippen LogP contribution in [-0.2, 0) is 22.6 Å². The summed E-state index contributed by atoms with van der Waals surface area (Å²) in [5.74, 6) is 1.23. The summed E-state index contributed by atoms with van der Waals surface area (Å²) in [4.78, 5) is 18.9. The average Bonchev–Trinajstić information content (AvgIpc) is 2.93. The van der Waals surface area contributed by atoms with Crippen LogP contribution in [0.2, 0.25) is 0 Å². The van der Waals surface area contributed by atoms with Crippen LogP contribution in [0.4, 0.5) is 30.5 Å². The van der Waals surface area contributed by atoms with Gasteiger partial charge in [-0.15, -0.1) is 0 Å². The first-order chi connectivity index (χ1) is 18.1. The highest BCUT2D eigenvalue weighted by molar-refractivity contribution is 7.89. The van der Waals surface area contributed by atoms with Gasteiger partial charge in [-0.3, -0.25) is 4.98 Å². The van der Waals surface area contributed by atoms with Crippen LogP contribution >= 0.6 is 0 Å². The molecule has 0 saturated carbocycles. The molecule has 1 aliphatic rings. The van der Waals surface area contributed by atoms with E-state index >= 15 is 0 Å². The molecule has 5 rings (SSSR count). The highest BCUT2D eigenvalue weighted by atomic mass is 32.2. The Kier molecular flexibility index (Phi) is 6.88. The van der Waals surface area contributed by atoms with E-state index in [1.165, 1.54) is 35.0 Å². The van der Waals surface area contributed by atoms with E-state index in [1.807, 2.05) is 11.8 Å². The van der Waals surface area contributed by atoms with Gasteiger partial charge in [0.05, 0.1) is 16.0 Å². The number of alkyl halides is 3. The molecule has 198 valence electrons. The number of aryl methyl sites for hydroxylation is 1. The zero-order chi connectivity index (χ0) is 26.9. The number of sulfonamides is 1. The third-order valence-corrected chi connectivity index (χ3v) is 8.20. The fraction of sp³-hybridized carbons (Fsp3) is 0.280. The van der Waals surface area contributed by atoms with Gasteiger partial charge in [0.2, 0.25) is 16.0 Å². The van der Waals surface area contributed by atoms with Crippen molar-refractivity contribution in [2.24, 2.45) is 0 Å². The molecule has 1 fully saturated rings. The second-order valence-electron chi connectivity index (χ2n) is 8.68. The Labute approximate surface area is 217 Å². The molecule has 3 heterocycles. The lowest BCUT2D eigenvalue weighted by Crippen LogP contribution is -2.49. The molecule has 0 aliphatic carbocycles. The summed E-state index contributed by atoms with van der Waals surface area (Å²) in [5, 5.41) is 3.65. The number of piperazine rings is 1. The lowest BCUT2D eigenvalue weighted by atomic mass is 10.1. The molecule has 0 spiro atoms. The lowest BCUT2D eigenvalue weighted by Gasteiger charge is -2.34. The standard InChI is InChI=1S/C25H24F3N7O2S/c1-2-23-30-16-31-24(33-23)34-11-13-35(14-12-34)38(36,37)19-6-4-18(5-7-19)32-21-9-10-29-22-15-17(25(26,27)28)3-8-20(21)22/h3-10,15-16H,2,11-14H2,1H3,(H,29,32). The zero-order valence-electron chi connectivity index (χ0n) is 20.4. The topological polar surface area (TPSA) is 104 Å². The van der Waals surface area contributed by atoms with Crippen LogP contribution in [0.5, 0.6) is 0 Å². The first-order valence-electron chi connectivity index (χ1n) is 11.9. The predicted octanol–water partition coefficient (Wildman–Crippen LogP) is 4.26. The van der Waals surface area contributed by atoms with Gasteiger partial charge in [0, 0.05) is 55.6 Å². The SMILES string of the molecule is CCc1ncnc(N2CCN(S(=O)(=O)c3ccc(Nc4ccnc5cc(C(F)(F)F)ccc45)cc3)CC2)n1. The number of anilines is 3. The fourth-order valence-corrected chi connectivity index (χ4v) is 5.64. The van der Waals surface area contributed by atoms with Gasteiger partial charge in [-0.05, 0) is 42.5 Å². The second kappa shape index (κ2) is 10.1. The Morgan fingerprint density at radius 2 is 1.68 bits per heavy atom. The molecule has 0 bridgehead atoms. The first-order valence-corrected chi connectivity index (χ1v) is 13.4. The minimum absolute atomic E-state index is 0.152. The maximum absolute atomic E-state index is 13.2. The van der Waals surface area contributed by atoms with Gasteiger partial charge in [0.15, 0.2) is 0 Å². The zero-order valence-corrected chi connectivity index (χ0v) is 21.2. The van der Waals surface area contributed by atoms with Crippen molar-refractivity contribution in [3.8, 4) is 0 Å². The second-order valence-corrected chi connectivity index (χ2v) is 10.6. The summed E-state index contributed by atoms with van der Waals surface area (Å²) < 4.78 is 67.1. The van der Waals surface area contributed by atoms with Crippen molar-refractivity contribution in [3.63, 3.8) is 0 Å². The Bertz CT molecular complexity index is 1560. The minimum Gasteiger partial charge on any atom is -0.355 e. The third kappa shape index (κ3) is 5.24. The summed E-state index contributed by atoms with van der Waals surface area (Å²) >= 11 is 0. The molecule has 2 aromatic carbocycles. The van der Waals surface area contributed by atoms with E-state index < -0.39 is 21.8 Å². The van der Waals surface area contributed by atoms with Crippen molar-refractivity contribution in [1.29, 1.82) is 0 Å². The summed E-state index contributed by atoms with van der Waals surface area (Å²) in [6.07, 6.45) is -0.887. The van der Waals surface area contributed by atoms with Crippen molar-refractivity contribution < 1.29 is 21.6 Å². The molecule has 1 N–H and O–H groups in total. The molecular weight excluding hydrogens is 519 g/mol.